The number of unbranched alkanes of at least 4 members (excludes halogenated alkanes) is 4. The van der Waals surface area contributed by atoms with Crippen LogP contribution >= 0.6 is 0 Å². The molecule has 0 atom stereocenters. The first-order valence-corrected chi connectivity index (χ1v) is 14.9. The molecule has 0 fully saturated rings. The number of nitrogens with one attached hydrogen (secondary N) is 4. The molecule has 3 rings (SSSR count). The van der Waals surface area contributed by atoms with Crippen molar-refractivity contribution >= 4 is 23.2 Å². The smallest absolute Gasteiger partial charge is 0.224 e. The zero-order chi connectivity index (χ0) is 29.8. The van der Waals surface area contributed by atoms with Crippen LogP contribution in [0, 0.1) is 0 Å². The van der Waals surface area contributed by atoms with Crippen LogP contribution in [0.25, 0.3) is 0 Å². The molecule has 0 aromatic heterocycles. The lowest BCUT2D eigenvalue weighted by Gasteiger charge is -2.10. The number of carbonyl (C=O) groups excluding carboxylic acids is 2. The van der Waals surface area contributed by atoms with E-state index in [2.05, 4.69) is 33.4 Å². The van der Waals surface area contributed by atoms with Crippen molar-refractivity contribution in [3.05, 3.63) is 83.9 Å². The van der Waals surface area contributed by atoms with Gasteiger partial charge in [0.2, 0.25) is 11.8 Å². The van der Waals surface area contributed by atoms with Crippen molar-refractivity contribution in [1.29, 1.82) is 0 Å². The van der Waals surface area contributed by atoms with Crippen molar-refractivity contribution in [2.24, 2.45) is 0 Å². The second-order valence-corrected chi connectivity index (χ2v) is 10.3. The fourth-order valence-corrected chi connectivity index (χ4v) is 4.65. The van der Waals surface area contributed by atoms with Crippen molar-refractivity contribution in [2.45, 2.75) is 64.5 Å². The van der Waals surface area contributed by atoms with Crippen LogP contribution in [0.3, 0.4) is 0 Å². The third-order valence-corrected chi connectivity index (χ3v) is 6.98. The fraction of sp³-hybridized carbons (Fsp3) is 0.412. The van der Waals surface area contributed by atoms with Gasteiger partial charge >= 0.3 is 0 Å². The quantitative estimate of drug-likeness (QED) is 0.119. The van der Waals surface area contributed by atoms with E-state index < -0.39 is 0 Å². The van der Waals surface area contributed by atoms with E-state index in [9.17, 15) is 9.59 Å². The Morgan fingerprint density at radius 2 is 0.952 bits per heavy atom. The van der Waals surface area contributed by atoms with E-state index in [1.165, 1.54) is 0 Å². The molecule has 0 saturated carbocycles. The number of carbonyl (C=O) groups is 2. The summed E-state index contributed by atoms with van der Waals surface area (Å²) in [5.74, 6) is 1.81. The van der Waals surface area contributed by atoms with Gasteiger partial charge in [-0.25, -0.2) is 0 Å². The average molecular weight is 575 g/mol. The average Bonchev–Trinajstić information content (AvgIpc) is 3.01. The zero-order valence-corrected chi connectivity index (χ0v) is 25.0. The second kappa shape index (κ2) is 19.3. The van der Waals surface area contributed by atoms with Gasteiger partial charge in [-0.15, -0.1) is 0 Å². The highest BCUT2D eigenvalue weighted by Crippen LogP contribution is 2.18. The first kappa shape index (κ1) is 32.6. The van der Waals surface area contributed by atoms with Crippen molar-refractivity contribution in [3.63, 3.8) is 0 Å². The summed E-state index contributed by atoms with van der Waals surface area (Å²) < 4.78 is 10.7. The normalized spacial score (nSPS) is 10.7. The standard InChI is InChI=1S/C34H46N4O4/c1-41-31-15-9-7-13-27(31)25-35-23-11-3-5-17-33(39)37-29-19-21-30(22-20-29)38-34(40)18-6-4-12-24-36-26-28-14-8-10-16-32(28)42-2/h7-10,13-16,19-22,35-36H,3-6,11-12,17-18,23-26H2,1-2H3,(H,37,39)(H,38,40). The van der Waals surface area contributed by atoms with Gasteiger partial charge in [0.05, 0.1) is 14.2 Å². The predicted octanol–water partition coefficient (Wildman–Crippen LogP) is 6.28. The fourth-order valence-electron chi connectivity index (χ4n) is 4.65. The molecule has 0 aliphatic carbocycles. The number of para-hydroxylation sites is 2. The molecule has 0 spiro atoms. The van der Waals surface area contributed by atoms with Gasteiger partial charge in [0.25, 0.3) is 0 Å². The van der Waals surface area contributed by atoms with Crippen molar-refractivity contribution in [2.75, 3.05) is 37.9 Å². The van der Waals surface area contributed by atoms with Crippen LogP contribution in [0.2, 0.25) is 0 Å². The Labute approximate surface area is 250 Å². The summed E-state index contributed by atoms with van der Waals surface area (Å²) in [6.45, 7) is 3.33. The molecule has 0 bridgehead atoms. The minimum atomic E-state index is 0.00571. The predicted molar refractivity (Wildman–Crippen MR) is 170 cm³/mol. The molecule has 0 aliphatic heterocycles. The summed E-state index contributed by atoms with van der Waals surface area (Å²) in [4.78, 5) is 24.6. The van der Waals surface area contributed by atoms with E-state index in [4.69, 9.17) is 9.47 Å². The molecule has 8 heteroatoms. The number of anilines is 2. The zero-order valence-electron chi connectivity index (χ0n) is 25.0. The maximum atomic E-state index is 12.3. The molecule has 3 aromatic rings. The van der Waals surface area contributed by atoms with Gasteiger partial charge in [-0.3, -0.25) is 9.59 Å². The van der Waals surface area contributed by atoms with Crippen LogP contribution in [-0.2, 0) is 22.7 Å². The second-order valence-electron chi connectivity index (χ2n) is 10.3. The SMILES string of the molecule is COc1ccccc1CNCCCCCC(=O)Nc1ccc(NC(=O)CCCCCNCc2ccccc2OC)cc1. The topological polar surface area (TPSA) is 101 Å². The molecule has 0 aliphatic rings. The maximum absolute atomic E-state index is 12.3. The molecule has 4 N–H and O–H groups in total. The van der Waals surface area contributed by atoms with E-state index in [1.54, 1.807) is 14.2 Å². The molecule has 3 aromatic carbocycles. The monoisotopic (exact) mass is 574 g/mol. The Balaban J connectivity index is 1.19. The lowest BCUT2D eigenvalue weighted by Crippen LogP contribution is -2.16. The summed E-state index contributed by atoms with van der Waals surface area (Å²) in [7, 11) is 3.37. The number of hydrogen-bond donors (Lipinski definition) is 4. The number of rotatable bonds is 20. The molecule has 8 nitrogen and oxygen atoms in total. The highest BCUT2D eigenvalue weighted by Gasteiger charge is 2.06. The lowest BCUT2D eigenvalue weighted by atomic mass is 10.1. The van der Waals surface area contributed by atoms with Crippen LogP contribution in [0.4, 0.5) is 11.4 Å². The molecule has 2 amide bonds. The minimum Gasteiger partial charge on any atom is -0.496 e. The van der Waals surface area contributed by atoms with E-state index in [-0.39, 0.29) is 11.8 Å². The Morgan fingerprint density at radius 1 is 0.548 bits per heavy atom. The van der Waals surface area contributed by atoms with E-state index in [0.717, 1.165) is 98.7 Å². The van der Waals surface area contributed by atoms with Crippen molar-refractivity contribution in [1.82, 2.24) is 10.6 Å². The van der Waals surface area contributed by atoms with Crippen LogP contribution < -0.4 is 30.7 Å². The van der Waals surface area contributed by atoms with E-state index in [1.807, 2.05) is 60.7 Å². The summed E-state index contributed by atoms with van der Waals surface area (Å²) >= 11 is 0. The molecule has 0 radical (unpaired) electrons. The van der Waals surface area contributed by atoms with Gasteiger partial charge < -0.3 is 30.7 Å². The van der Waals surface area contributed by atoms with Gasteiger partial charge in [0.15, 0.2) is 0 Å². The van der Waals surface area contributed by atoms with Gasteiger partial charge in [-0.1, -0.05) is 49.2 Å². The molecule has 0 heterocycles. The minimum absolute atomic E-state index is 0.00571. The van der Waals surface area contributed by atoms with Crippen LogP contribution in [0.5, 0.6) is 11.5 Å². The molecule has 0 unspecified atom stereocenters. The summed E-state index contributed by atoms with van der Waals surface area (Å²) in [5, 5.41) is 12.8. The largest absolute Gasteiger partial charge is 0.496 e. The molecule has 42 heavy (non-hydrogen) atoms. The van der Waals surface area contributed by atoms with Gasteiger partial charge in [0, 0.05) is 48.4 Å². The lowest BCUT2D eigenvalue weighted by molar-refractivity contribution is -0.117. The van der Waals surface area contributed by atoms with Gasteiger partial charge in [-0.05, 0) is 75.2 Å². The first-order valence-electron chi connectivity index (χ1n) is 14.9. The van der Waals surface area contributed by atoms with Crippen LogP contribution in [-0.4, -0.2) is 39.1 Å². The number of benzene rings is 3. The number of amides is 2. The Morgan fingerprint density at radius 3 is 1.36 bits per heavy atom. The third-order valence-electron chi connectivity index (χ3n) is 6.98. The Bertz CT molecular complexity index is 1120. The van der Waals surface area contributed by atoms with Gasteiger partial charge in [-0.2, -0.15) is 0 Å². The maximum Gasteiger partial charge on any atom is 0.224 e. The van der Waals surface area contributed by atoms with Crippen molar-refractivity contribution < 1.29 is 19.1 Å². The summed E-state index contributed by atoms with van der Waals surface area (Å²) in [6.07, 6.45) is 6.65. The Hall–Kier alpha value is -3.88. The number of hydrogen-bond acceptors (Lipinski definition) is 6. The van der Waals surface area contributed by atoms with Crippen LogP contribution in [0.15, 0.2) is 72.8 Å². The molecule has 0 saturated heterocycles. The van der Waals surface area contributed by atoms with E-state index >= 15 is 0 Å². The number of methoxy groups -OCH3 is 2. The number of ether oxygens (including phenoxy) is 2. The van der Waals surface area contributed by atoms with E-state index in [0.29, 0.717) is 12.8 Å². The van der Waals surface area contributed by atoms with Crippen molar-refractivity contribution in [3.8, 4) is 11.5 Å². The highest BCUT2D eigenvalue weighted by molar-refractivity contribution is 5.92. The molecule has 226 valence electrons. The molecular weight excluding hydrogens is 528 g/mol. The Kier molecular flexibility index (Phi) is 15.0. The van der Waals surface area contributed by atoms with Crippen LogP contribution in [0.1, 0.15) is 62.5 Å². The third kappa shape index (κ3) is 12.3. The summed E-state index contributed by atoms with van der Waals surface area (Å²) in [5.41, 5.74) is 3.75. The van der Waals surface area contributed by atoms with Gasteiger partial charge in [0.1, 0.15) is 11.5 Å². The molecular formula is C34H46N4O4. The summed E-state index contributed by atoms with van der Waals surface area (Å²) in [6, 6.07) is 23.3. The highest BCUT2D eigenvalue weighted by atomic mass is 16.5. The first-order chi connectivity index (χ1) is 20.6.